The summed E-state index contributed by atoms with van der Waals surface area (Å²) in [5.41, 5.74) is 0.264. The number of aryl methyl sites for hydroxylation is 1. The van der Waals surface area contributed by atoms with Crippen LogP contribution in [0.4, 0.5) is 26.3 Å². The lowest BCUT2D eigenvalue weighted by atomic mass is 9.92. The van der Waals surface area contributed by atoms with Crippen LogP contribution < -0.4 is 5.56 Å². The Morgan fingerprint density at radius 2 is 1.59 bits per heavy atom. The zero-order valence-corrected chi connectivity index (χ0v) is 16.6. The van der Waals surface area contributed by atoms with E-state index in [1.165, 1.54) is 24.3 Å². The predicted molar refractivity (Wildman–Crippen MR) is 106 cm³/mol. The van der Waals surface area contributed by atoms with E-state index >= 15 is 0 Å². The summed E-state index contributed by atoms with van der Waals surface area (Å²) >= 11 is 0. The molecule has 0 atom stereocenters. The van der Waals surface area contributed by atoms with E-state index in [2.05, 4.69) is 10.1 Å². The molecule has 4 rings (SSSR count). The molecule has 4 nitrogen and oxygen atoms in total. The van der Waals surface area contributed by atoms with Gasteiger partial charge in [-0.25, -0.2) is 4.98 Å². The molecular formula is C22H15F6N3O. The van der Waals surface area contributed by atoms with Gasteiger partial charge in [0.05, 0.1) is 17.0 Å². The zero-order chi connectivity index (χ0) is 23.3. The van der Waals surface area contributed by atoms with E-state index in [0.717, 1.165) is 22.7 Å². The van der Waals surface area contributed by atoms with E-state index in [1.54, 1.807) is 13.0 Å². The maximum atomic E-state index is 12.9. The molecule has 0 unspecified atom stereocenters. The number of benzene rings is 1. The minimum Gasteiger partial charge on any atom is -0.267 e. The Kier molecular flexibility index (Phi) is 5.18. The highest BCUT2D eigenvalue weighted by Crippen LogP contribution is 2.36. The molecule has 0 amide bonds. The summed E-state index contributed by atoms with van der Waals surface area (Å²) < 4.78 is 78.1. The highest BCUT2D eigenvalue weighted by molar-refractivity contribution is 5.73. The second-order valence-electron chi connectivity index (χ2n) is 7.35. The lowest BCUT2D eigenvalue weighted by Crippen LogP contribution is -2.19. The number of fused-ring (bicyclic) bond motifs is 1. The van der Waals surface area contributed by atoms with Crippen molar-refractivity contribution in [3.63, 3.8) is 0 Å². The fourth-order valence-corrected chi connectivity index (χ4v) is 3.53. The van der Waals surface area contributed by atoms with Gasteiger partial charge in [-0.1, -0.05) is 24.3 Å². The van der Waals surface area contributed by atoms with Crippen LogP contribution in [-0.4, -0.2) is 20.8 Å². The first-order chi connectivity index (χ1) is 14.9. The van der Waals surface area contributed by atoms with Crippen LogP contribution >= 0.6 is 0 Å². The standard InChI is InChI=1S/C22H15F6N3O/c1-12-17(13-2-6-15(7-3-13)21(23,24)25)10-19-29-18(11-20(32)31(19)30-12)14-4-8-16(9-5-14)22(26,27)28/h2,4-6,8-11H,3,7H2,1H3. The summed E-state index contributed by atoms with van der Waals surface area (Å²) in [6.45, 7) is 1.63. The molecule has 166 valence electrons. The molecule has 2 aromatic heterocycles. The van der Waals surface area contributed by atoms with Crippen molar-refractivity contribution >= 4 is 11.2 Å². The van der Waals surface area contributed by atoms with Crippen molar-refractivity contribution in [1.82, 2.24) is 14.6 Å². The van der Waals surface area contributed by atoms with E-state index in [1.807, 2.05) is 0 Å². The molecule has 0 radical (unpaired) electrons. The van der Waals surface area contributed by atoms with Crippen LogP contribution in [0, 0.1) is 6.92 Å². The molecule has 0 N–H and O–H groups in total. The fourth-order valence-electron chi connectivity index (χ4n) is 3.53. The van der Waals surface area contributed by atoms with Gasteiger partial charge in [0.2, 0.25) is 0 Å². The van der Waals surface area contributed by atoms with Crippen molar-refractivity contribution in [2.75, 3.05) is 0 Å². The summed E-state index contributed by atoms with van der Waals surface area (Å²) in [5, 5.41) is 4.21. The van der Waals surface area contributed by atoms with Crippen LogP contribution in [0.2, 0.25) is 0 Å². The number of nitrogens with zero attached hydrogens (tertiary/aromatic N) is 3. The lowest BCUT2D eigenvalue weighted by Gasteiger charge is -2.18. The van der Waals surface area contributed by atoms with E-state index < -0.39 is 29.0 Å². The number of halogens is 6. The number of alkyl halides is 6. The average Bonchev–Trinajstić information content (AvgIpc) is 2.73. The number of aromatic nitrogens is 3. The molecule has 2 heterocycles. The van der Waals surface area contributed by atoms with Gasteiger partial charge in [-0.05, 0) is 43.5 Å². The molecule has 32 heavy (non-hydrogen) atoms. The second kappa shape index (κ2) is 7.61. The quantitative estimate of drug-likeness (QED) is 0.466. The highest BCUT2D eigenvalue weighted by Gasteiger charge is 2.34. The number of allylic oxidation sites excluding steroid dienone is 4. The minimum absolute atomic E-state index is 0.138. The monoisotopic (exact) mass is 451 g/mol. The highest BCUT2D eigenvalue weighted by atomic mass is 19.4. The number of rotatable bonds is 2. The summed E-state index contributed by atoms with van der Waals surface area (Å²) in [6.07, 6.45) is -6.49. The molecule has 0 saturated heterocycles. The van der Waals surface area contributed by atoms with Gasteiger partial charge in [0.15, 0.2) is 5.65 Å². The van der Waals surface area contributed by atoms with Crippen LogP contribution in [0.3, 0.4) is 0 Å². The maximum Gasteiger partial charge on any atom is 0.416 e. The van der Waals surface area contributed by atoms with Gasteiger partial charge in [-0.3, -0.25) is 4.79 Å². The molecule has 1 aliphatic carbocycles. The molecule has 10 heteroatoms. The summed E-state index contributed by atoms with van der Waals surface area (Å²) in [5.74, 6) is 0. The number of hydrogen-bond acceptors (Lipinski definition) is 3. The van der Waals surface area contributed by atoms with Gasteiger partial charge in [0, 0.05) is 22.8 Å². The van der Waals surface area contributed by atoms with Gasteiger partial charge in [-0.15, -0.1) is 0 Å². The third-order valence-electron chi connectivity index (χ3n) is 5.20. The van der Waals surface area contributed by atoms with Gasteiger partial charge in [-0.2, -0.15) is 36.0 Å². The van der Waals surface area contributed by atoms with Crippen molar-refractivity contribution in [3.05, 3.63) is 81.3 Å². The summed E-state index contributed by atoms with van der Waals surface area (Å²) in [4.78, 5) is 16.9. The Labute approximate surface area is 177 Å². The van der Waals surface area contributed by atoms with Gasteiger partial charge >= 0.3 is 12.4 Å². The molecule has 1 aliphatic rings. The Morgan fingerprint density at radius 1 is 0.906 bits per heavy atom. The largest absolute Gasteiger partial charge is 0.416 e. The summed E-state index contributed by atoms with van der Waals surface area (Å²) in [7, 11) is 0. The van der Waals surface area contributed by atoms with Crippen LogP contribution in [0.5, 0.6) is 0 Å². The average molecular weight is 451 g/mol. The third-order valence-corrected chi connectivity index (χ3v) is 5.20. The summed E-state index contributed by atoms with van der Waals surface area (Å²) in [6, 6.07) is 6.95. The van der Waals surface area contributed by atoms with Crippen molar-refractivity contribution in [2.45, 2.75) is 32.1 Å². The third kappa shape index (κ3) is 4.17. The Balaban J connectivity index is 1.78. The van der Waals surface area contributed by atoms with Gasteiger partial charge < -0.3 is 0 Å². The Bertz CT molecular complexity index is 1310. The Hall–Kier alpha value is -3.43. The van der Waals surface area contributed by atoms with Crippen molar-refractivity contribution < 1.29 is 26.3 Å². The van der Waals surface area contributed by atoms with Crippen LogP contribution in [0.1, 0.15) is 29.7 Å². The van der Waals surface area contributed by atoms with E-state index in [0.29, 0.717) is 22.4 Å². The van der Waals surface area contributed by atoms with Crippen molar-refractivity contribution in [2.24, 2.45) is 0 Å². The first-order valence-corrected chi connectivity index (χ1v) is 9.50. The molecule has 0 aliphatic heterocycles. The van der Waals surface area contributed by atoms with Gasteiger partial charge in [0.25, 0.3) is 5.56 Å². The van der Waals surface area contributed by atoms with E-state index in [9.17, 15) is 31.1 Å². The minimum atomic E-state index is -4.49. The SMILES string of the molecule is Cc1nn2c(=O)cc(-c3ccc(C(F)(F)F)cc3)nc2cc1C1=CC=C(C(F)(F)F)CC1. The molecule has 0 fully saturated rings. The van der Waals surface area contributed by atoms with Crippen LogP contribution in [0.25, 0.3) is 22.5 Å². The van der Waals surface area contributed by atoms with Crippen LogP contribution in [0.15, 0.2) is 58.9 Å². The van der Waals surface area contributed by atoms with Gasteiger partial charge in [0.1, 0.15) is 0 Å². The molecule has 0 bridgehead atoms. The molecular weight excluding hydrogens is 436 g/mol. The van der Waals surface area contributed by atoms with E-state index in [-0.39, 0.29) is 24.2 Å². The van der Waals surface area contributed by atoms with Crippen LogP contribution in [-0.2, 0) is 6.18 Å². The fraction of sp³-hybridized carbons (Fsp3) is 0.227. The lowest BCUT2D eigenvalue weighted by molar-refractivity contribution is -0.137. The Morgan fingerprint density at radius 3 is 2.16 bits per heavy atom. The molecule has 0 saturated carbocycles. The first-order valence-electron chi connectivity index (χ1n) is 9.50. The molecule has 3 aromatic rings. The van der Waals surface area contributed by atoms with E-state index in [4.69, 9.17) is 0 Å². The normalized spacial score (nSPS) is 15.0. The van der Waals surface area contributed by atoms with Crippen molar-refractivity contribution in [3.8, 4) is 11.3 Å². The second-order valence-corrected chi connectivity index (χ2v) is 7.35. The maximum absolute atomic E-state index is 12.9. The zero-order valence-electron chi connectivity index (χ0n) is 16.6. The first kappa shape index (κ1) is 21.8. The number of hydrogen-bond donors (Lipinski definition) is 0. The smallest absolute Gasteiger partial charge is 0.267 e. The molecule has 0 spiro atoms. The van der Waals surface area contributed by atoms with Crippen molar-refractivity contribution in [1.29, 1.82) is 0 Å². The topological polar surface area (TPSA) is 47.3 Å². The predicted octanol–water partition coefficient (Wildman–Crippen LogP) is 5.75. The molecule has 1 aromatic carbocycles.